The minimum atomic E-state index is 0. The second-order valence-electron chi connectivity index (χ2n) is 6.32. The number of allylic oxidation sites excluding steroid dienone is 8. The van der Waals surface area contributed by atoms with Crippen LogP contribution in [0.1, 0.15) is 12.8 Å². The topological polar surface area (TPSA) is 0 Å². The summed E-state index contributed by atoms with van der Waals surface area (Å²) in [5.41, 5.74) is 0. The molecule has 0 aliphatic heterocycles. The van der Waals surface area contributed by atoms with Crippen molar-refractivity contribution in [3.8, 4) is 0 Å². The van der Waals surface area contributed by atoms with Crippen molar-refractivity contribution < 1.29 is 64.8 Å². The van der Waals surface area contributed by atoms with Gasteiger partial charge in [0.15, 0.2) is 0 Å². The van der Waals surface area contributed by atoms with Crippen molar-refractivity contribution in [3.05, 3.63) is 134 Å². The Morgan fingerprint density at radius 3 is 1.24 bits per heavy atom. The van der Waals surface area contributed by atoms with Crippen molar-refractivity contribution in [2.24, 2.45) is 0 Å². The molecule has 0 amide bonds. The number of fused-ring (bicyclic) bond motifs is 2. The molecule has 0 spiro atoms. The molecule has 0 aromatic heterocycles. The molecular formula is C30H28Cl2Ti2-2. The van der Waals surface area contributed by atoms with Gasteiger partial charge in [0.1, 0.15) is 0 Å². The molecule has 0 N–H and O–H groups in total. The monoisotopic (exact) mass is 554 g/mol. The quantitative estimate of drug-likeness (QED) is 0.229. The first-order valence-corrected chi connectivity index (χ1v) is 12.5. The average molecular weight is 555 g/mol. The zero-order valence-electron chi connectivity index (χ0n) is 19.1. The van der Waals surface area contributed by atoms with Gasteiger partial charge >= 0.3 is 49.6 Å². The van der Waals surface area contributed by atoms with Gasteiger partial charge in [0.2, 0.25) is 0 Å². The zero-order valence-corrected chi connectivity index (χ0v) is 23.8. The predicted molar refractivity (Wildman–Crippen MR) is 136 cm³/mol. The summed E-state index contributed by atoms with van der Waals surface area (Å²) in [7, 11) is 0. The SMILES string of the molecule is [C-]1=CC=CC1.[C-]1=CC=CC1.[CH2]=[Ti+2].[CH2]=[Ti+2].[Cl-].[Cl-].c1ccc2[cH-]ccc2c1.c1ccc2[cH-]ccc2c1. The molecule has 4 aromatic carbocycles. The maximum absolute atomic E-state index is 3.25. The molecule has 172 valence electrons. The van der Waals surface area contributed by atoms with E-state index in [2.05, 4.69) is 119 Å². The zero-order chi connectivity index (χ0) is 23.3. The maximum Gasteiger partial charge on any atom is -0.0809 e. The van der Waals surface area contributed by atoms with Crippen LogP contribution in [0.3, 0.4) is 0 Å². The van der Waals surface area contributed by atoms with Crippen LogP contribution in [0.5, 0.6) is 0 Å². The summed E-state index contributed by atoms with van der Waals surface area (Å²) in [6.07, 6.45) is 20.0. The molecule has 4 aromatic rings. The minimum Gasteiger partial charge on any atom is -1.00 e. The summed E-state index contributed by atoms with van der Waals surface area (Å²) >= 11 is 3.50. The maximum atomic E-state index is 3.25. The van der Waals surface area contributed by atoms with Gasteiger partial charge in [-0.1, -0.05) is 12.1 Å². The number of halogens is 2. The molecule has 0 heterocycles. The van der Waals surface area contributed by atoms with E-state index in [1.807, 2.05) is 24.3 Å². The van der Waals surface area contributed by atoms with Crippen molar-refractivity contribution in [1.29, 1.82) is 0 Å². The van der Waals surface area contributed by atoms with E-state index in [0.717, 1.165) is 12.8 Å². The molecule has 0 bridgehead atoms. The smallest absolute Gasteiger partial charge is 0.0809 e. The van der Waals surface area contributed by atoms with E-state index in [1.165, 1.54) is 21.5 Å². The van der Waals surface area contributed by atoms with Gasteiger partial charge in [-0.3, -0.25) is 12.2 Å². The summed E-state index contributed by atoms with van der Waals surface area (Å²) < 4.78 is 0. The fraction of sp³-hybridized carbons (Fsp3) is 0.0667. The van der Waals surface area contributed by atoms with Gasteiger partial charge in [-0.15, -0.1) is 72.1 Å². The standard InChI is InChI=1S/2C9H7.2C5H5.2CH2.2ClH.2Ti/c2*1-2-5-9-7-3-6-8(9)4-1;2*1-2-4-5-3-1;;;;;;/h2*1-7H;2*1-3H,4H2;2*1H2;2*1H;;/q4*-1;;;;;2*+2/p-2. The van der Waals surface area contributed by atoms with E-state index in [1.54, 1.807) is 39.9 Å². The number of benzene rings is 2. The predicted octanol–water partition coefficient (Wildman–Crippen LogP) is 1.67. The van der Waals surface area contributed by atoms with Crippen molar-refractivity contribution in [2.45, 2.75) is 12.8 Å². The van der Waals surface area contributed by atoms with Crippen LogP contribution in [0.4, 0.5) is 0 Å². The van der Waals surface area contributed by atoms with Crippen LogP contribution >= 0.6 is 0 Å². The van der Waals surface area contributed by atoms with Crippen LogP contribution in [-0.2, 0) is 39.9 Å². The normalized spacial score (nSPS) is 10.9. The van der Waals surface area contributed by atoms with Gasteiger partial charge in [0, 0.05) is 0 Å². The molecule has 0 fully saturated rings. The summed E-state index contributed by atoms with van der Waals surface area (Å²) in [6.45, 7) is 0. The summed E-state index contributed by atoms with van der Waals surface area (Å²) in [4.78, 5) is 6.50. The van der Waals surface area contributed by atoms with E-state index < -0.39 is 0 Å². The van der Waals surface area contributed by atoms with Crippen LogP contribution in [0.2, 0.25) is 0 Å². The first kappa shape index (κ1) is 34.5. The van der Waals surface area contributed by atoms with E-state index in [9.17, 15) is 0 Å². The Hall–Kier alpha value is -1.63. The Kier molecular flexibility index (Phi) is 24.9. The molecule has 0 nitrogen and oxygen atoms in total. The molecule has 2 aliphatic carbocycles. The molecular weight excluding hydrogens is 527 g/mol. The minimum absolute atomic E-state index is 0. The van der Waals surface area contributed by atoms with Crippen LogP contribution in [0, 0.1) is 12.2 Å². The third kappa shape index (κ3) is 14.6. The van der Waals surface area contributed by atoms with Crippen LogP contribution in [0.15, 0.2) is 121 Å². The van der Waals surface area contributed by atoms with Gasteiger partial charge in [-0.25, -0.2) is 24.3 Å². The molecule has 0 saturated carbocycles. The molecule has 34 heavy (non-hydrogen) atoms. The summed E-state index contributed by atoms with van der Waals surface area (Å²) in [5, 5.41) is 5.32. The Morgan fingerprint density at radius 1 is 0.588 bits per heavy atom. The molecule has 2 aliphatic rings. The van der Waals surface area contributed by atoms with Gasteiger partial charge in [0.25, 0.3) is 0 Å². The molecule has 0 atom stereocenters. The van der Waals surface area contributed by atoms with Crippen molar-refractivity contribution in [2.75, 3.05) is 0 Å². The number of hydrogen-bond acceptors (Lipinski definition) is 0. The van der Waals surface area contributed by atoms with E-state index in [4.69, 9.17) is 0 Å². The molecule has 6 rings (SSSR count). The van der Waals surface area contributed by atoms with Gasteiger partial charge in [-0.05, 0) is 0 Å². The molecule has 0 unspecified atom stereocenters. The van der Waals surface area contributed by atoms with Crippen molar-refractivity contribution in [3.63, 3.8) is 0 Å². The van der Waals surface area contributed by atoms with Crippen LogP contribution in [-0.4, -0.2) is 9.63 Å². The second-order valence-corrected chi connectivity index (χ2v) is 6.32. The second kappa shape index (κ2) is 24.5. The molecule has 4 heteroatoms. The summed E-state index contributed by atoms with van der Waals surface area (Å²) in [6, 6.07) is 29.3. The van der Waals surface area contributed by atoms with Crippen molar-refractivity contribution in [1.82, 2.24) is 0 Å². The number of hydrogen-bond donors (Lipinski definition) is 0. The Labute approximate surface area is 240 Å². The van der Waals surface area contributed by atoms with Crippen molar-refractivity contribution >= 4 is 31.2 Å². The van der Waals surface area contributed by atoms with Crippen LogP contribution in [0.25, 0.3) is 21.5 Å². The van der Waals surface area contributed by atoms with Gasteiger partial charge < -0.3 is 24.8 Å². The van der Waals surface area contributed by atoms with E-state index in [-0.39, 0.29) is 24.8 Å². The first-order valence-electron chi connectivity index (χ1n) is 10.3. The largest absolute Gasteiger partial charge is 1.00 e. The summed E-state index contributed by atoms with van der Waals surface area (Å²) in [5.74, 6) is 0. The van der Waals surface area contributed by atoms with E-state index >= 15 is 0 Å². The Morgan fingerprint density at radius 2 is 0.971 bits per heavy atom. The Bertz CT molecular complexity index is 946. The average Bonchev–Trinajstić information content (AvgIpc) is 3.71. The fourth-order valence-corrected chi connectivity index (χ4v) is 2.82. The molecule has 0 radical (unpaired) electrons. The third-order valence-electron chi connectivity index (χ3n) is 4.27. The van der Waals surface area contributed by atoms with Crippen LogP contribution < -0.4 is 24.8 Å². The fourth-order valence-electron chi connectivity index (χ4n) is 2.82. The van der Waals surface area contributed by atoms with E-state index in [0.29, 0.717) is 0 Å². The Balaban J connectivity index is 0. The molecule has 0 saturated heterocycles. The number of rotatable bonds is 0. The van der Waals surface area contributed by atoms with Gasteiger partial charge in [-0.2, -0.15) is 47.2 Å². The van der Waals surface area contributed by atoms with Gasteiger partial charge in [0.05, 0.1) is 0 Å². The first-order chi connectivity index (χ1) is 15.9. The third-order valence-corrected chi connectivity index (χ3v) is 4.27.